The summed E-state index contributed by atoms with van der Waals surface area (Å²) in [6.45, 7) is 0. The Morgan fingerprint density at radius 1 is 1.45 bits per heavy atom. The lowest BCUT2D eigenvalue weighted by Crippen LogP contribution is -2.03. The van der Waals surface area contributed by atoms with Crippen LogP contribution in [0.15, 0.2) is 24.5 Å². The molecule has 0 saturated carbocycles. The molecule has 0 aliphatic rings. The monoisotopic (exact) mass is 298 g/mol. The predicted molar refractivity (Wildman–Crippen MR) is 69.9 cm³/mol. The van der Waals surface area contributed by atoms with Crippen molar-refractivity contribution in [2.75, 3.05) is 12.4 Å². The molecule has 1 heterocycles. The van der Waals surface area contributed by atoms with E-state index < -0.39 is 16.4 Å². The van der Waals surface area contributed by atoms with Gasteiger partial charge < -0.3 is 10.1 Å². The standard InChI is InChI=1S/C11H8ClFN4O3/c1-20-11-9(17(18)19)10(14-5-15-11)16-6-2-3-8(13)7(12)4-6/h2-5H,1H3,(H,14,15,16). The first-order chi connectivity index (χ1) is 9.52. The van der Waals surface area contributed by atoms with Crippen molar-refractivity contribution >= 4 is 28.8 Å². The van der Waals surface area contributed by atoms with Gasteiger partial charge in [0.25, 0.3) is 5.88 Å². The van der Waals surface area contributed by atoms with Crippen molar-refractivity contribution < 1.29 is 14.1 Å². The maximum absolute atomic E-state index is 13.1. The van der Waals surface area contributed by atoms with Crippen molar-refractivity contribution in [2.24, 2.45) is 0 Å². The van der Waals surface area contributed by atoms with E-state index in [9.17, 15) is 14.5 Å². The Kier molecular flexibility index (Phi) is 3.94. The van der Waals surface area contributed by atoms with Gasteiger partial charge in [-0.25, -0.2) is 9.37 Å². The molecule has 0 spiro atoms. The van der Waals surface area contributed by atoms with Crippen LogP contribution < -0.4 is 10.1 Å². The number of ether oxygens (including phenoxy) is 1. The molecule has 2 rings (SSSR count). The van der Waals surface area contributed by atoms with Gasteiger partial charge in [-0.2, -0.15) is 4.98 Å². The summed E-state index contributed by atoms with van der Waals surface area (Å²) in [5.41, 5.74) is -0.0734. The summed E-state index contributed by atoms with van der Waals surface area (Å²) in [6.07, 6.45) is 1.11. The summed E-state index contributed by atoms with van der Waals surface area (Å²) in [6, 6.07) is 3.80. The number of nitrogens with zero attached hydrogens (tertiary/aromatic N) is 3. The third kappa shape index (κ3) is 2.75. The molecule has 0 aliphatic carbocycles. The first-order valence-corrected chi connectivity index (χ1v) is 5.66. The van der Waals surface area contributed by atoms with Crippen LogP contribution in [0.3, 0.4) is 0 Å². The number of nitro groups is 1. The Balaban J connectivity index is 2.42. The van der Waals surface area contributed by atoms with E-state index in [-0.39, 0.29) is 16.7 Å². The highest BCUT2D eigenvalue weighted by Crippen LogP contribution is 2.33. The molecule has 0 amide bonds. The van der Waals surface area contributed by atoms with E-state index in [0.29, 0.717) is 5.69 Å². The van der Waals surface area contributed by atoms with Crippen LogP contribution in [0.25, 0.3) is 0 Å². The van der Waals surface area contributed by atoms with Gasteiger partial charge in [0.05, 0.1) is 17.1 Å². The van der Waals surface area contributed by atoms with Crippen LogP contribution in [-0.4, -0.2) is 22.0 Å². The van der Waals surface area contributed by atoms with Crippen LogP contribution in [0, 0.1) is 15.9 Å². The fourth-order valence-corrected chi connectivity index (χ4v) is 1.66. The van der Waals surface area contributed by atoms with Crippen molar-refractivity contribution in [3.63, 3.8) is 0 Å². The van der Waals surface area contributed by atoms with Crippen molar-refractivity contribution in [2.45, 2.75) is 0 Å². The number of methoxy groups -OCH3 is 1. The van der Waals surface area contributed by atoms with Gasteiger partial charge in [-0.3, -0.25) is 10.1 Å². The maximum Gasteiger partial charge on any atom is 0.373 e. The summed E-state index contributed by atoms with van der Waals surface area (Å²) < 4.78 is 17.9. The Bertz CT molecular complexity index is 668. The Hall–Kier alpha value is -2.48. The Morgan fingerprint density at radius 2 is 2.20 bits per heavy atom. The molecule has 1 aromatic heterocycles. The molecular weight excluding hydrogens is 291 g/mol. The van der Waals surface area contributed by atoms with E-state index in [2.05, 4.69) is 15.3 Å². The summed E-state index contributed by atoms with van der Waals surface area (Å²) >= 11 is 5.63. The number of aromatic nitrogens is 2. The van der Waals surface area contributed by atoms with Crippen LogP contribution in [0.1, 0.15) is 0 Å². The van der Waals surface area contributed by atoms with E-state index in [0.717, 1.165) is 12.4 Å². The second kappa shape index (κ2) is 5.66. The molecule has 1 aromatic carbocycles. The van der Waals surface area contributed by atoms with E-state index >= 15 is 0 Å². The van der Waals surface area contributed by atoms with Gasteiger partial charge in [0.1, 0.15) is 12.1 Å². The van der Waals surface area contributed by atoms with Gasteiger partial charge in [-0.15, -0.1) is 0 Å². The van der Waals surface area contributed by atoms with E-state index in [1.165, 1.54) is 19.2 Å². The normalized spacial score (nSPS) is 10.2. The number of halogens is 2. The summed E-state index contributed by atoms with van der Waals surface area (Å²) in [5, 5.41) is 13.6. The molecule has 0 aliphatic heterocycles. The lowest BCUT2D eigenvalue weighted by atomic mass is 10.3. The molecule has 0 saturated heterocycles. The average molecular weight is 299 g/mol. The molecule has 1 N–H and O–H groups in total. The topological polar surface area (TPSA) is 90.2 Å². The molecule has 0 unspecified atom stereocenters. The molecule has 0 radical (unpaired) electrons. The zero-order valence-electron chi connectivity index (χ0n) is 10.1. The van der Waals surface area contributed by atoms with E-state index in [4.69, 9.17) is 16.3 Å². The van der Waals surface area contributed by atoms with Crippen molar-refractivity contribution in [1.82, 2.24) is 9.97 Å². The third-order valence-electron chi connectivity index (χ3n) is 2.35. The number of benzene rings is 1. The van der Waals surface area contributed by atoms with E-state index in [1.807, 2.05) is 0 Å². The van der Waals surface area contributed by atoms with Crippen molar-refractivity contribution in [3.05, 3.63) is 45.5 Å². The van der Waals surface area contributed by atoms with Gasteiger partial charge in [0.15, 0.2) is 0 Å². The van der Waals surface area contributed by atoms with E-state index in [1.54, 1.807) is 0 Å². The van der Waals surface area contributed by atoms with Crippen molar-refractivity contribution in [1.29, 1.82) is 0 Å². The third-order valence-corrected chi connectivity index (χ3v) is 2.64. The van der Waals surface area contributed by atoms with Crippen LogP contribution in [0.5, 0.6) is 5.88 Å². The van der Waals surface area contributed by atoms with Gasteiger partial charge in [0.2, 0.25) is 5.82 Å². The van der Waals surface area contributed by atoms with Crippen LogP contribution in [-0.2, 0) is 0 Å². The van der Waals surface area contributed by atoms with Crippen LogP contribution >= 0.6 is 11.6 Å². The number of rotatable bonds is 4. The minimum absolute atomic E-state index is 0.0791. The minimum Gasteiger partial charge on any atom is -0.476 e. The molecule has 0 atom stereocenters. The molecule has 0 fully saturated rings. The summed E-state index contributed by atoms with van der Waals surface area (Å²) in [7, 11) is 1.26. The fourth-order valence-electron chi connectivity index (χ4n) is 1.48. The smallest absolute Gasteiger partial charge is 0.373 e. The second-order valence-electron chi connectivity index (χ2n) is 3.59. The first-order valence-electron chi connectivity index (χ1n) is 5.28. The zero-order valence-corrected chi connectivity index (χ0v) is 10.9. The highest BCUT2D eigenvalue weighted by molar-refractivity contribution is 6.31. The van der Waals surface area contributed by atoms with Crippen LogP contribution in [0.2, 0.25) is 5.02 Å². The van der Waals surface area contributed by atoms with Gasteiger partial charge in [-0.1, -0.05) is 11.6 Å². The van der Waals surface area contributed by atoms with Crippen molar-refractivity contribution in [3.8, 4) is 5.88 Å². The maximum atomic E-state index is 13.1. The Labute approximate surface area is 117 Å². The molecule has 20 heavy (non-hydrogen) atoms. The molecule has 7 nitrogen and oxygen atoms in total. The SMILES string of the molecule is COc1ncnc(Nc2ccc(F)c(Cl)c2)c1[N+](=O)[O-]. The zero-order chi connectivity index (χ0) is 14.7. The first kappa shape index (κ1) is 13.9. The predicted octanol–water partition coefficient (Wildman–Crippen LogP) is 2.93. The molecule has 9 heteroatoms. The summed E-state index contributed by atoms with van der Waals surface area (Å²) in [4.78, 5) is 17.8. The number of nitrogens with one attached hydrogen (secondary N) is 1. The highest BCUT2D eigenvalue weighted by Gasteiger charge is 2.24. The summed E-state index contributed by atoms with van der Waals surface area (Å²) in [5.74, 6) is -0.850. The lowest BCUT2D eigenvalue weighted by molar-refractivity contribution is -0.385. The molecule has 0 bridgehead atoms. The lowest BCUT2D eigenvalue weighted by Gasteiger charge is -2.08. The average Bonchev–Trinajstić information content (AvgIpc) is 2.42. The second-order valence-corrected chi connectivity index (χ2v) is 4.00. The van der Waals surface area contributed by atoms with Crippen LogP contribution in [0.4, 0.5) is 21.6 Å². The largest absolute Gasteiger partial charge is 0.476 e. The quantitative estimate of drug-likeness (QED) is 0.689. The van der Waals surface area contributed by atoms with Gasteiger partial charge in [-0.05, 0) is 18.2 Å². The number of hydrogen-bond donors (Lipinski definition) is 1. The fraction of sp³-hybridized carbons (Fsp3) is 0.0909. The Morgan fingerprint density at radius 3 is 2.80 bits per heavy atom. The number of hydrogen-bond acceptors (Lipinski definition) is 6. The highest BCUT2D eigenvalue weighted by atomic mass is 35.5. The molecular formula is C11H8ClFN4O3. The molecule has 104 valence electrons. The molecule has 2 aromatic rings. The van der Waals surface area contributed by atoms with Gasteiger partial charge >= 0.3 is 5.69 Å². The minimum atomic E-state index is -0.674. The number of anilines is 2. The van der Waals surface area contributed by atoms with Gasteiger partial charge in [0, 0.05) is 5.69 Å².